The van der Waals surface area contributed by atoms with Gasteiger partial charge in [0.2, 0.25) is 0 Å². The van der Waals surface area contributed by atoms with Gasteiger partial charge in [0.1, 0.15) is 13.2 Å². The molecule has 0 radical (unpaired) electrons. The van der Waals surface area contributed by atoms with E-state index in [9.17, 15) is 9.46 Å². The van der Waals surface area contributed by atoms with Crippen LogP contribution in [-0.4, -0.2) is 30.3 Å². The summed E-state index contributed by atoms with van der Waals surface area (Å²) < 4.78 is 23.0. The summed E-state index contributed by atoms with van der Waals surface area (Å²) >= 11 is 0. The second-order valence-corrected chi connectivity index (χ2v) is 9.22. The van der Waals surface area contributed by atoms with Gasteiger partial charge in [-0.2, -0.15) is 0 Å². The van der Waals surface area contributed by atoms with E-state index >= 15 is 0 Å². The molecule has 4 bridgehead atoms. The fraction of sp³-hybridized carbons (Fsp3) is 1.00. The van der Waals surface area contributed by atoms with Crippen molar-refractivity contribution in [3.63, 3.8) is 0 Å². The van der Waals surface area contributed by atoms with Crippen LogP contribution in [0.25, 0.3) is 0 Å². The Hall–Kier alpha value is 0.0300. The Kier molecular flexibility index (Phi) is 6.39. The molecule has 5 fully saturated rings. The Balaban J connectivity index is 0.000000370. The van der Waals surface area contributed by atoms with Crippen LogP contribution in [0.15, 0.2) is 0 Å². The monoisotopic (exact) mass is 362 g/mol. The summed E-state index contributed by atoms with van der Waals surface area (Å²) in [6.45, 7) is 3.98. The van der Waals surface area contributed by atoms with E-state index in [0.29, 0.717) is 24.4 Å². The molecule has 0 aromatic carbocycles. The number of unbranched alkanes of at least 4 members (excludes halogenated alkanes) is 2. The van der Waals surface area contributed by atoms with Crippen LogP contribution in [0.5, 0.6) is 0 Å². The maximum absolute atomic E-state index is 12.2. The fourth-order valence-corrected chi connectivity index (χ4v) is 6.15. The lowest BCUT2D eigenvalue weighted by Crippen LogP contribution is -2.51. The standard InChI is InChI=1S/C15H27O4P.C2H4O2/c1-2-3-4-5-18-20(16,17)19-15-9-12-6-13(10-15)8-14(7-12)11-15;1-2-4-3-1/h12-14H,2-11H2,1H3,(H,16,17);1-2H2. The summed E-state index contributed by atoms with van der Waals surface area (Å²) in [5.41, 5.74) is -0.357. The number of phosphoric ester groups is 1. The third kappa shape index (κ3) is 5.03. The van der Waals surface area contributed by atoms with E-state index in [0.717, 1.165) is 51.7 Å². The quantitative estimate of drug-likeness (QED) is 0.415. The van der Waals surface area contributed by atoms with Crippen molar-refractivity contribution in [3.8, 4) is 0 Å². The molecule has 24 heavy (non-hydrogen) atoms. The minimum Gasteiger partial charge on any atom is -0.302 e. The first-order valence-electron chi connectivity index (χ1n) is 9.43. The van der Waals surface area contributed by atoms with E-state index in [-0.39, 0.29) is 5.60 Å². The Morgan fingerprint density at radius 3 is 1.96 bits per heavy atom. The molecule has 1 aliphatic heterocycles. The first-order chi connectivity index (χ1) is 11.5. The molecular formula is C17H31O6P. The van der Waals surface area contributed by atoms with E-state index in [1.165, 1.54) is 19.3 Å². The maximum Gasteiger partial charge on any atom is 0.472 e. The van der Waals surface area contributed by atoms with Gasteiger partial charge < -0.3 is 4.89 Å². The Morgan fingerprint density at radius 2 is 1.54 bits per heavy atom. The Morgan fingerprint density at radius 1 is 1.04 bits per heavy atom. The number of hydrogen-bond acceptors (Lipinski definition) is 5. The molecule has 1 heterocycles. The minimum atomic E-state index is -3.88. The van der Waals surface area contributed by atoms with Crippen LogP contribution in [-0.2, 0) is 23.4 Å². The van der Waals surface area contributed by atoms with Gasteiger partial charge in [-0.15, -0.1) is 0 Å². The summed E-state index contributed by atoms with van der Waals surface area (Å²) in [4.78, 5) is 18.4. The number of phosphoric acid groups is 1. The van der Waals surface area contributed by atoms with E-state index in [2.05, 4.69) is 16.7 Å². The van der Waals surface area contributed by atoms with E-state index in [1.54, 1.807) is 0 Å². The van der Waals surface area contributed by atoms with Gasteiger partial charge in [0.05, 0.1) is 12.2 Å². The molecule has 1 unspecified atom stereocenters. The van der Waals surface area contributed by atoms with Crippen molar-refractivity contribution in [3.05, 3.63) is 0 Å². The zero-order valence-electron chi connectivity index (χ0n) is 14.7. The Bertz CT molecular complexity index is 411. The molecule has 4 saturated carbocycles. The highest BCUT2D eigenvalue weighted by Crippen LogP contribution is 2.62. The average Bonchev–Trinajstić information content (AvgIpc) is 2.39. The van der Waals surface area contributed by atoms with Crippen LogP contribution < -0.4 is 0 Å². The molecule has 0 spiro atoms. The lowest BCUT2D eigenvalue weighted by Gasteiger charge is -2.56. The van der Waals surface area contributed by atoms with Crippen molar-refractivity contribution in [1.29, 1.82) is 0 Å². The van der Waals surface area contributed by atoms with Crippen molar-refractivity contribution in [2.24, 2.45) is 17.8 Å². The van der Waals surface area contributed by atoms with E-state index in [4.69, 9.17) is 9.05 Å². The van der Waals surface area contributed by atoms with Crippen LogP contribution >= 0.6 is 7.82 Å². The van der Waals surface area contributed by atoms with Crippen LogP contribution in [0.4, 0.5) is 0 Å². The van der Waals surface area contributed by atoms with Gasteiger partial charge in [0, 0.05) is 0 Å². The smallest absolute Gasteiger partial charge is 0.302 e. The van der Waals surface area contributed by atoms with Gasteiger partial charge in [-0.1, -0.05) is 19.8 Å². The summed E-state index contributed by atoms with van der Waals surface area (Å²) in [6, 6.07) is 0. The second-order valence-electron chi connectivity index (χ2n) is 7.84. The molecule has 0 aromatic heterocycles. The molecule has 1 atom stereocenters. The largest absolute Gasteiger partial charge is 0.472 e. The molecule has 5 rings (SSSR count). The molecule has 7 heteroatoms. The van der Waals surface area contributed by atoms with Crippen LogP contribution in [0.1, 0.15) is 64.7 Å². The third-order valence-corrected chi connectivity index (χ3v) is 6.75. The first-order valence-corrected chi connectivity index (χ1v) is 10.9. The summed E-state index contributed by atoms with van der Waals surface area (Å²) in [7, 11) is -3.88. The van der Waals surface area contributed by atoms with Crippen molar-refractivity contribution < 1.29 is 28.3 Å². The van der Waals surface area contributed by atoms with Gasteiger partial charge in [-0.25, -0.2) is 14.3 Å². The van der Waals surface area contributed by atoms with Gasteiger partial charge in [0.15, 0.2) is 0 Å². The molecule has 140 valence electrons. The zero-order chi connectivity index (χ0) is 17.0. The van der Waals surface area contributed by atoms with Crippen molar-refractivity contribution in [1.82, 2.24) is 0 Å². The lowest BCUT2D eigenvalue weighted by atomic mass is 9.54. The first kappa shape index (κ1) is 18.8. The molecular weight excluding hydrogens is 331 g/mol. The van der Waals surface area contributed by atoms with Crippen molar-refractivity contribution in [2.45, 2.75) is 70.3 Å². The molecule has 1 N–H and O–H groups in total. The normalized spacial score (nSPS) is 38.8. The SMILES string of the molecule is C1COO1.CCCCCOP(=O)(O)OC12CC3CC(CC(C3)C1)C2. The minimum absolute atomic E-state index is 0.327. The zero-order valence-corrected chi connectivity index (χ0v) is 15.5. The fourth-order valence-electron chi connectivity index (χ4n) is 5.03. The molecule has 5 aliphatic rings. The van der Waals surface area contributed by atoms with Gasteiger partial charge in [-0.05, 0) is 62.7 Å². The Labute approximate surface area is 144 Å². The van der Waals surface area contributed by atoms with E-state index in [1.807, 2.05) is 0 Å². The van der Waals surface area contributed by atoms with Crippen molar-refractivity contribution in [2.75, 3.05) is 19.8 Å². The highest BCUT2D eigenvalue weighted by atomic mass is 31.2. The summed E-state index contributed by atoms with van der Waals surface area (Å²) in [5.74, 6) is 2.13. The predicted octanol–water partition coefficient (Wildman–Crippen LogP) is 4.23. The molecule has 6 nitrogen and oxygen atoms in total. The highest BCUT2D eigenvalue weighted by Gasteiger charge is 2.54. The van der Waals surface area contributed by atoms with Gasteiger partial charge in [0.25, 0.3) is 0 Å². The topological polar surface area (TPSA) is 74.2 Å². The number of hydrogen-bond donors (Lipinski definition) is 1. The third-order valence-electron chi connectivity index (χ3n) is 5.63. The predicted molar refractivity (Wildman–Crippen MR) is 89.2 cm³/mol. The summed E-state index contributed by atoms with van der Waals surface area (Å²) in [5, 5.41) is 0. The number of rotatable bonds is 7. The second kappa shape index (κ2) is 8.15. The lowest BCUT2D eigenvalue weighted by molar-refractivity contribution is -0.382. The summed E-state index contributed by atoms with van der Waals surface area (Å²) in [6.07, 6.45) is 9.71. The highest BCUT2D eigenvalue weighted by molar-refractivity contribution is 7.47. The average molecular weight is 362 g/mol. The molecule has 4 aliphatic carbocycles. The van der Waals surface area contributed by atoms with Gasteiger partial charge >= 0.3 is 7.82 Å². The maximum atomic E-state index is 12.2. The van der Waals surface area contributed by atoms with Crippen molar-refractivity contribution >= 4 is 7.82 Å². The van der Waals surface area contributed by atoms with Crippen LogP contribution in [0, 0.1) is 17.8 Å². The van der Waals surface area contributed by atoms with Crippen LogP contribution in [0.3, 0.4) is 0 Å². The van der Waals surface area contributed by atoms with Gasteiger partial charge in [-0.3, -0.25) is 9.05 Å². The molecule has 1 saturated heterocycles. The van der Waals surface area contributed by atoms with Crippen LogP contribution in [0.2, 0.25) is 0 Å². The van der Waals surface area contributed by atoms with E-state index < -0.39 is 7.82 Å². The molecule has 0 amide bonds. The molecule has 0 aromatic rings.